The van der Waals surface area contributed by atoms with E-state index in [9.17, 15) is 14.7 Å². The van der Waals surface area contributed by atoms with Crippen molar-refractivity contribution in [2.24, 2.45) is 0 Å². The highest BCUT2D eigenvalue weighted by atomic mass is 32.2. The van der Waals surface area contributed by atoms with Crippen LogP contribution in [0.5, 0.6) is 5.75 Å². The number of imide groups is 1. The topological polar surface area (TPSA) is 101 Å². The molecule has 0 bridgehead atoms. The predicted octanol–water partition coefficient (Wildman–Crippen LogP) is 3.18. The van der Waals surface area contributed by atoms with Gasteiger partial charge in [-0.3, -0.25) is 15.1 Å². The molecule has 0 radical (unpaired) electrons. The summed E-state index contributed by atoms with van der Waals surface area (Å²) in [7, 11) is 0. The summed E-state index contributed by atoms with van der Waals surface area (Å²) < 4.78 is 5.84. The lowest BCUT2D eigenvalue weighted by atomic mass is 10.1. The van der Waals surface area contributed by atoms with E-state index in [1.165, 1.54) is 11.8 Å². The lowest BCUT2D eigenvalue weighted by Gasteiger charge is -2.13. The molecule has 2 aromatic carbocycles. The number of nitrogens with zero attached hydrogens (tertiary/aromatic N) is 1. The Hall–Kier alpha value is -3.36. The number of hydrogen-bond acceptors (Lipinski definition) is 6. The molecule has 1 unspecified atom stereocenters. The van der Waals surface area contributed by atoms with Gasteiger partial charge in [0.05, 0.1) is 6.61 Å². The fraction of sp³-hybridized carbons (Fsp3) is 0.136. The second-order valence-corrected chi connectivity index (χ2v) is 7.71. The SMILES string of the molecule is O=C1NC(=O)C(c2ccncc2Sc2ccc(OCc3ccccc3CO)cc2)N1. The fourth-order valence-corrected chi connectivity index (χ4v) is 4.04. The van der Waals surface area contributed by atoms with Crippen LogP contribution in [0.2, 0.25) is 0 Å². The van der Waals surface area contributed by atoms with E-state index in [-0.39, 0.29) is 12.5 Å². The van der Waals surface area contributed by atoms with Crippen molar-refractivity contribution in [3.05, 3.63) is 83.7 Å². The maximum absolute atomic E-state index is 12.0. The zero-order valence-corrected chi connectivity index (χ0v) is 16.7. The number of nitrogens with one attached hydrogen (secondary N) is 2. The minimum absolute atomic E-state index is 0.0258. The molecule has 1 aliphatic rings. The van der Waals surface area contributed by atoms with Gasteiger partial charge in [0.15, 0.2) is 0 Å². The van der Waals surface area contributed by atoms with Crippen LogP contribution < -0.4 is 15.4 Å². The van der Waals surface area contributed by atoms with Crippen molar-refractivity contribution < 1.29 is 19.4 Å². The van der Waals surface area contributed by atoms with Crippen LogP contribution in [0.3, 0.4) is 0 Å². The summed E-state index contributed by atoms with van der Waals surface area (Å²) in [4.78, 5) is 29.3. The molecule has 0 saturated carbocycles. The summed E-state index contributed by atoms with van der Waals surface area (Å²) in [6, 6.07) is 15.7. The molecular weight excluding hydrogens is 402 g/mol. The Morgan fingerprint density at radius 1 is 1.03 bits per heavy atom. The molecule has 0 aliphatic carbocycles. The number of ether oxygens (including phenoxy) is 1. The third-order valence-corrected chi connectivity index (χ3v) is 5.71. The van der Waals surface area contributed by atoms with Gasteiger partial charge in [-0.05, 0) is 41.5 Å². The van der Waals surface area contributed by atoms with Crippen molar-refractivity contribution in [1.29, 1.82) is 0 Å². The van der Waals surface area contributed by atoms with Crippen molar-refractivity contribution in [2.75, 3.05) is 0 Å². The molecule has 30 heavy (non-hydrogen) atoms. The number of pyridine rings is 1. The molecule has 1 aromatic heterocycles. The fourth-order valence-electron chi connectivity index (χ4n) is 3.09. The highest BCUT2D eigenvalue weighted by Crippen LogP contribution is 2.34. The monoisotopic (exact) mass is 421 g/mol. The van der Waals surface area contributed by atoms with E-state index in [1.54, 1.807) is 18.5 Å². The summed E-state index contributed by atoms with van der Waals surface area (Å²) in [5, 5.41) is 14.3. The van der Waals surface area contributed by atoms with Crippen molar-refractivity contribution >= 4 is 23.7 Å². The van der Waals surface area contributed by atoms with Gasteiger partial charge in [0.2, 0.25) is 0 Å². The van der Waals surface area contributed by atoms with Crippen molar-refractivity contribution in [3.8, 4) is 5.75 Å². The first-order chi connectivity index (χ1) is 14.6. The smallest absolute Gasteiger partial charge is 0.322 e. The third kappa shape index (κ3) is 4.45. The highest BCUT2D eigenvalue weighted by Gasteiger charge is 2.32. The lowest BCUT2D eigenvalue weighted by Crippen LogP contribution is -2.22. The normalized spacial score (nSPS) is 15.6. The van der Waals surface area contributed by atoms with Crippen LogP contribution in [0, 0.1) is 0 Å². The van der Waals surface area contributed by atoms with Crippen LogP contribution in [0.1, 0.15) is 22.7 Å². The standard InChI is InChI=1S/C22H19N3O4S/c26-12-14-3-1-2-4-15(14)13-29-16-5-7-17(8-6-16)30-19-11-23-10-9-18(19)20-21(27)25-22(28)24-20/h1-11,20,26H,12-13H2,(H2,24,25,27,28). The Labute approximate surface area is 177 Å². The molecule has 1 saturated heterocycles. The minimum atomic E-state index is -0.725. The highest BCUT2D eigenvalue weighted by molar-refractivity contribution is 7.99. The van der Waals surface area contributed by atoms with Crippen LogP contribution in [-0.4, -0.2) is 22.0 Å². The Morgan fingerprint density at radius 2 is 1.80 bits per heavy atom. The first-order valence-electron chi connectivity index (χ1n) is 9.27. The quantitative estimate of drug-likeness (QED) is 0.507. The number of hydrogen-bond donors (Lipinski definition) is 3. The van der Waals surface area contributed by atoms with Crippen molar-refractivity contribution in [2.45, 2.75) is 29.0 Å². The van der Waals surface area contributed by atoms with Gasteiger partial charge in [-0.25, -0.2) is 4.79 Å². The van der Waals surface area contributed by atoms with E-state index in [1.807, 2.05) is 48.5 Å². The third-order valence-electron chi connectivity index (χ3n) is 4.64. The summed E-state index contributed by atoms with van der Waals surface area (Å²) in [5.74, 6) is 0.334. The Kier molecular flexibility index (Phi) is 5.97. The lowest BCUT2D eigenvalue weighted by molar-refractivity contribution is -0.120. The number of aliphatic hydroxyl groups excluding tert-OH is 1. The molecule has 2 heterocycles. The summed E-state index contributed by atoms with van der Waals surface area (Å²) in [6.07, 6.45) is 3.27. The van der Waals surface area contributed by atoms with Gasteiger partial charge >= 0.3 is 6.03 Å². The summed E-state index contributed by atoms with van der Waals surface area (Å²) in [6.45, 7) is 0.342. The number of carbonyl (C=O) groups is 2. The van der Waals surface area contributed by atoms with E-state index in [2.05, 4.69) is 15.6 Å². The number of aromatic nitrogens is 1. The van der Waals surface area contributed by atoms with Gasteiger partial charge < -0.3 is 15.2 Å². The van der Waals surface area contributed by atoms with E-state index >= 15 is 0 Å². The molecule has 152 valence electrons. The summed E-state index contributed by atoms with van der Waals surface area (Å²) >= 11 is 1.45. The Bertz CT molecular complexity index is 1070. The van der Waals surface area contributed by atoms with Crippen molar-refractivity contribution in [1.82, 2.24) is 15.6 Å². The van der Waals surface area contributed by atoms with Crippen LogP contribution in [-0.2, 0) is 18.0 Å². The average Bonchev–Trinajstić information content (AvgIpc) is 3.11. The molecule has 7 nitrogen and oxygen atoms in total. The average molecular weight is 421 g/mol. The Balaban J connectivity index is 1.44. The maximum atomic E-state index is 12.0. The second-order valence-electron chi connectivity index (χ2n) is 6.60. The van der Waals surface area contributed by atoms with Gasteiger partial charge in [-0.15, -0.1) is 0 Å². The van der Waals surface area contributed by atoms with Gasteiger partial charge in [-0.2, -0.15) is 0 Å². The summed E-state index contributed by atoms with van der Waals surface area (Å²) in [5.41, 5.74) is 2.48. The number of amides is 3. The number of aliphatic hydroxyl groups is 1. The van der Waals surface area contributed by atoms with Crippen LogP contribution >= 0.6 is 11.8 Å². The second kappa shape index (κ2) is 8.98. The predicted molar refractivity (Wildman–Crippen MR) is 111 cm³/mol. The molecule has 1 aliphatic heterocycles. The molecular formula is C22H19N3O4S. The zero-order chi connectivity index (χ0) is 20.9. The molecule has 0 spiro atoms. The van der Waals surface area contributed by atoms with Crippen molar-refractivity contribution in [3.63, 3.8) is 0 Å². The molecule has 4 rings (SSSR count). The largest absolute Gasteiger partial charge is 0.489 e. The van der Waals surface area contributed by atoms with E-state index in [0.29, 0.717) is 17.9 Å². The number of rotatable bonds is 7. The van der Waals surface area contributed by atoms with Gasteiger partial charge in [0, 0.05) is 27.7 Å². The first-order valence-corrected chi connectivity index (χ1v) is 10.1. The van der Waals surface area contributed by atoms with Crippen LogP contribution in [0.25, 0.3) is 0 Å². The molecule has 1 atom stereocenters. The first kappa shape index (κ1) is 19.9. The van der Waals surface area contributed by atoms with Gasteiger partial charge in [0.25, 0.3) is 5.91 Å². The zero-order valence-electron chi connectivity index (χ0n) is 15.9. The number of urea groups is 1. The molecule has 3 N–H and O–H groups in total. The minimum Gasteiger partial charge on any atom is -0.489 e. The van der Waals surface area contributed by atoms with E-state index in [4.69, 9.17) is 4.74 Å². The van der Waals surface area contributed by atoms with Crippen LogP contribution in [0.15, 0.2) is 76.8 Å². The van der Waals surface area contributed by atoms with E-state index in [0.717, 1.165) is 20.9 Å². The molecule has 1 fully saturated rings. The molecule has 3 aromatic rings. The Morgan fingerprint density at radius 3 is 2.50 bits per heavy atom. The van der Waals surface area contributed by atoms with Gasteiger partial charge in [-0.1, -0.05) is 36.0 Å². The molecule has 8 heteroatoms. The maximum Gasteiger partial charge on any atom is 0.322 e. The van der Waals surface area contributed by atoms with E-state index < -0.39 is 12.1 Å². The number of benzene rings is 2. The molecule has 3 amide bonds. The number of carbonyl (C=O) groups excluding carboxylic acids is 2. The van der Waals surface area contributed by atoms with Gasteiger partial charge in [0.1, 0.15) is 18.4 Å². The van der Waals surface area contributed by atoms with Crippen LogP contribution in [0.4, 0.5) is 4.79 Å².